The maximum Gasteiger partial charge on any atom is 0.127 e. The fraction of sp³-hybridized carbons (Fsp3) is 0.724. The summed E-state index contributed by atoms with van der Waals surface area (Å²) in [6.45, 7) is 6.93. The largest absolute Gasteiger partial charge is 0.352 e. The molecule has 0 N–H and O–H groups in total. The highest BCUT2D eigenvalue weighted by Gasteiger charge is 2.26. The van der Waals surface area contributed by atoms with Crippen LogP contribution in [0.1, 0.15) is 128 Å². The van der Waals surface area contributed by atoms with Crippen molar-refractivity contribution in [2.75, 3.05) is 13.1 Å². The minimum absolute atomic E-state index is 0.399. The highest BCUT2D eigenvalue weighted by atomic mass is 15.4. The van der Waals surface area contributed by atoms with Gasteiger partial charge in [0.05, 0.1) is 0 Å². The Hall–Kier alpha value is -1.44. The predicted molar refractivity (Wildman–Crippen MR) is 137 cm³/mol. The van der Waals surface area contributed by atoms with Gasteiger partial charge < -0.3 is 9.80 Å². The molecule has 0 saturated carbocycles. The van der Waals surface area contributed by atoms with Gasteiger partial charge in [0, 0.05) is 25.5 Å². The zero-order chi connectivity index (χ0) is 22.0. The number of nitrogens with zero attached hydrogens (tertiary/aromatic N) is 2. The quantitative estimate of drug-likeness (QED) is 0.203. The van der Waals surface area contributed by atoms with Gasteiger partial charge in [-0.25, -0.2) is 0 Å². The van der Waals surface area contributed by atoms with E-state index in [4.69, 9.17) is 0 Å². The highest BCUT2D eigenvalue weighted by Crippen LogP contribution is 2.31. The first kappa shape index (κ1) is 25.8. The minimum atomic E-state index is 0.399. The van der Waals surface area contributed by atoms with Gasteiger partial charge in [-0.05, 0) is 18.4 Å². The Bertz CT molecular complexity index is 553. The Morgan fingerprint density at radius 3 is 1.39 bits per heavy atom. The van der Waals surface area contributed by atoms with Crippen molar-refractivity contribution in [3.8, 4) is 0 Å². The van der Waals surface area contributed by atoms with Gasteiger partial charge >= 0.3 is 0 Å². The van der Waals surface area contributed by atoms with E-state index in [1.807, 2.05) is 0 Å². The Morgan fingerprint density at radius 2 is 0.903 bits per heavy atom. The normalized spacial score (nSPS) is 15.9. The second kappa shape index (κ2) is 17.2. The average Bonchev–Trinajstić information content (AvgIpc) is 3.20. The molecule has 176 valence electrons. The first-order chi connectivity index (χ1) is 15.4. The molecule has 2 heteroatoms. The number of rotatable bonds is 19. The molecular weight excluding hydrogens is 376 g/mol. The SMILES string of the molecule is CCCCCCCCCCCCCCCN1C=CN(CCCCC)C1c1ccccc1. The Balaban J connectivity index is 1.57. The molecule has 0 aromatic heterocycles. The van der Waals surface area contributed by atoms with E-state index in [2.05, 4.69) is 66.4 Å². The molecular formula is C29H50N2. The van der Waals surface area contributed by atoms with Crippen molar-refractivity contribution < 1.29 is 0 Å². The van der Waals surface area contributed by atoms with Crippen molar-refractivity contribution in [3.05, 3.63) is 48.3 Å². The lowest BCUT2D eigenvalue weighted by atomic mass is 10.0. The number of benzene rings is 1. The molecule has 0 radical (unpaired) electrons. The zero-order valence-corrected chi connectivity index (χ0v) is 20.7. The Morgan fingerprint density at radius 1 is 0.516 bits per heavy atom. The molecule has 0 aliphatic carbocycles. The summed E-state index contributed by atoms with van der Waals surface area (Å²) < 4.78 is 0. The molecule has 0 saturated heterocycles. The van der Waals surface area contributed by atoms with Crippen molar-refractivity contribution in [3.63, 3.8) is 0 Å². The third-order valence-corrected chi connectivity index (χ3v) is 6.72. The lowest BCUT2D eigenvalue weighted by Gasteiger charge is -2.33. The molecule has 1 atom stereocenters. The fourth-order valence-corrected chi connectivity index (χ4v) is 4.78. The molecule has 0 bridgehead atoms. The fourth-order valence-electron chi connectivity index (χ4n) is 4.78. The zero-order valence-electron chi connectivity index (χ0n) is 20.7. The van der Waals surface area contributed by atoms with E-state index in [1.165, 1.54) is 121 Å². The lowest BCUT2D eigenvalue weighted by molar-refractivity contribution is 0.150. The summed E-state index contributed by atoms with van der Waals surface area (Å²) in [4.78, 5) is 5.12. The molecule has 1 heterocycles. The second-order valence-electron chi connectivity index (χ2n) is 9.51. The summed E-state index contributed by atoms with van der Waals surface area (Å²) in [6.07, 6.45) is 27.4. The first-order valence-corrected chi connectivity index (χ1v) is 13.6. The van der Waals surface area contributed by atoms with E-state index in [-0.39, 0.29) is 0 Å². The monoisotopic (exact) mass is 426 g/mol. The Kier molecular flexibility index (Phi) is 14.3. The van der Waals surface area contributed by atoms with Crippen molar-refractivity contribution in [2.45, 2.75) is 123 Å². The minimum Gasteiger partial charge on any atom is -0.352 e. The summed E-state index contributed by atoms with van der Waals surface area (Å²) in [7, 11) is 0. The van der Waals surface area contributed by atoms with E-state index in [9.17, 15) is 0 Å². The summed E-state index contributed by atoms with van der Waals surface area (Å²) in [5, 5.41) is 0. The maximum absolute atomic E-state index is 2.57. The van der Waals surface area contributed by atoms with E-state index in [1.54, 1.807) is 0 Å². The topological polar surface area (TPSA) is 6.48 Å². The lowest BCUT2D eigenvalue weighted by Crippen LogP contribution is -2.32. The van der Waals surface area contributed by atoms with E-state index in [0.717, 1.165) is 0 Å². The van der Waals surface area contributed by atoms with Gasteiger partial charge in [0.15, 0.2) is 0 Å². The first-order valence-electron chi connectivity index (χ1n) is 13.6. The van der Waals surface area contributed by atoms with Crippen molar-refractivity contribution >= 4 is 0 Å². The average molecular weight is 427 g/mol. The van der Waals surface area contributed by atoms with Crippen LogP contribution in [0.15, 0.2) is 42.7 Å². The van der Waals surface area contributed by atoms with Crippen LogP contribution in [0.4, 0.5) is 0 Å². The van der Waals surface area contributed by atoms with E-state index >= 15 is 0 Å². The smallest absolute Gasteiger partial charge is 0.127 e. The predicted octanol–water partition coefficient (Wildman–Crippen LogP) is 9.06. The van der Waals surface area contributed by atoms with Crippen LogP contribution >= 0.6 is 0 Å². The summed E-state index contributed by atoms with van der Waals surface area (Å²) in [5.74, 6) is 0. The molecule has 1 aliphatic rings. The molecule has 1 unspecified atom stereocenters. The molecule has 2 nitrogen and oxygen atoms in total. The van der Waals surface area contributed by atoms with E-state index in [0.29, 0.717) is 6.17 Å². The van der Waals surface area contributed by atoms with Crippen LogP contribution in [0.3, 0.4) is 0 Å². The standard InChI is InChI=1S/C29H50N2/c1-3-5-7-8-9-10-11-12-13-14-15-16-21-25-31-27-26-30(24-20-6-4-2)29(31)28-22-18-17-19-23-28/h17-19,22-23,26-27,29H,3-16,20-21,24-25H2,1-2H3. The van der Waals surface area contributed by atoms with Crippen LogP contribution in [-0.4, -0.2) is 22.9 Å². The van der Waals surface area contributed by atoms with Crippen LogP contribution in [0, 0.1) is 0 Å². The molecule has 1 aromatic rings. The van der Waals surface area contributed by atoms with Crippen molar-refractivity contribution in [1.82, 2.24) is 9.80 Å². The molecule has 31 heavy (non-hydrogen) atoms. The third-order valence-electron chi connectivity index (χ3n) is 6.72. The number of hydrogen-bond donors (Lipinski definition) is 0. The molecule has 1 aliphatic heterocycles. The van der Waals surface area contributed by atoms with Gasteiger partial charge in [0.2, 0.25) is 0 Å². The molecule has 0 fully saturated rings. The maximum atomic E-state index is 2.57. The van der Waals surface area contributed by atoms with E-state index < -0.39 is 0 Å². The van der Waals surface area contributed by atoms with Gasteiger partial charge in [-0.15, -0.1) is 0 Å². The highest BCUT2D eigenvalue weighted by molar-refractivity contribution is 5.21. The molecule has 0 spiro atoms. The molecule has 2 rings (SSSR count). The third kappa shape index (κ3) is 10.6. The number of hydrogen-bond acceptors (Lipinski definition) is 2. The van der Waals surface area contributed by atoms with Crippen molar-refractivity contribution in [1.29, 1.82) is 0 Å². The van der Waals surface area contributed by atoms with Gasteiger partial charge in [0.1, 0.15) is 6.17 Å². The van der Waals surface area contributed by atoms with Crippen LogP contribution in [0.2, 0.25) is 0 Å². The number of unbranched alkanes of at least 4 members (excludes halogenated alkanes) is 14. The summed E-state index contributed by atoms with van der Waals surface area (Å²) in [5.41, 5.74) is 1.43. The van der Waals surface area contributed by atoms with Crippen LogP contribution in [-0.2, 0) is 0 Å². The van der Waals surface area contributed by atoms with Gasteiger partial charge in [-0.1, -0.05) is 134 Å². The van der Waals surface area contributed by atoms with Crippen LogP contribution < -0.4 is 0 Å². The summed E-state index contributed by atoms with van der Waals surface area (Å²) >= 11 is 0. The summed E-state index contributed by atoms with van der Waals surface area (Å²) in [6, 6.07) is 11.1. The van der Waals surface area contributed by atoms with Gasteiger partial charge in [-0.3, -0.25) is 0 Å². The second-order valence-corrected chi connectivity index (χ2v) is 9.51. The molecule has 0 amide bonds. The van der Waals surface area contributed by atoms with Crippen LogP contribution in [0.5, 0.6) is 0 Å². The van der Waals surface area contributed by atoms with Crippen molar-refractivity contribution in [2.24, 2.45) is 0 Å². The molecule has 1 aromatic carbocycles. The van der Waals surface area contributed by atoms with Gasteiger partial charge in [0.25, 0.3) is 0 Å². The van der Waals surface area contributed by atoms with Gasteiger partial charge in [-0.2, -0.15) is 0 Å². The Labute approximate surface area is 194 Å². The van der Waals surface area contributed by atoms with Crippen LogP contribution in [0.25, 0.3) is 0 Å².